The maximum Gasteiger partial charge on any atom is 0.338 e. The summed E-state index contributed by atoms with van der Waals surface area (Å²) in [6.07, 6.45) is 0.885. The number of rotatable bonds is 6. The van der Waals surface area contributed by atoms with Crippen molar-refractivity contribution < 1.29 is 32.6 Å². The van der Waals surface area contributed by atoms with Gasteiger partial charge < -0.3 is 15.2 Å². The van der Waals surface area contributed by atoms with Crippen LogP contribution in [0.1, 0.15) is 29.8 Å². The number of hydrogen-bond donors (Lipinski definition) is 2. The van der Waals surface area contributed by atoms with Crippen LogP contribution in [0.15, 0.2) is 46.7 Å². The summed E-state index contributed by atoms with van der Waals surface area (Å²) in [5.74, 6) is -3.08. The topological polar surface area (TPSA) is 101 Å². The highest BCUT2D eigenvalue weighted by atomic mass is 19.1. The number of amidine groups is 1. The lowest BCUT2D eigenvalue weighted by atomic mass is 8.92. The van der Waals surface area contributed by atoms with Gasteiger partial charge in [-0.05, 0) is 66.5 Å². The molecule has 0 amide bonds. The van der Waals surface area contributed by atoms with Crippen molar-refractivity contribution in [3.05, 3.63) is 76.0 Å². The molecule has 7 nitrogen and oxygen atoms in total. The summed E-state index contributed by atoms with van der Waals surface area (Å²) in [5, 5.41) is 13.1. The van der Waals surface area contributed by atoms with Gasteiger partial charge in [0.2, 0.25) is 0 Å². The summed E-state index contributed by atoms with van der Waals surface area (Å²) < 4.78 is 48.8. The number of pyridine rings is 1. The summed E-state index contributed by atoms with van der Waals surface area (Å²) in [7, 11) is 0. The summed E-state index contributed by atoms with van der Waals surface area (Å²) >= 11 is 0. The Kier molecular flexibility index (Phi) is 3.90. The fourth-order valence-electron chi connectivity index (χ4n) is 9.62. The van der Waals surface area contributed by atoms with E-state index in [-0.39, 0.29) is 64.8 Å². The van der Waals surface area contributed by atoms with Crippen LogP contribution in [0.2, 0.25) is 0 Å². The number of halogens is 3. The number of carboxylic acids is 1. The number of esters is 1. The molecule has 38 heavy (non-hydrogen) atoms. The molecular formula is C28H22F3N3O4. The van der Waals surface area contributed by atoms with Gasteiger partial charge in [-0.15, -0.1) is 0 Å². The van der Waals surface area contributed by atoms with Crippen molar-refractivity contribution in [3.8, 4) is 0 Å². The van der Waals surface area contributed by atoms with E-state index in [1.165, 1.54) is 12.1 Å². The lowest BCUT2D eigenvalue weighted by Crippen LogP contribution is -3.11. The average molecular weight is 521 g/mol. The van der Waals surface area contributed by atoms with Crippen molar-refractivity contribution >= 4 is 17.8 Å². The molecule has 0 bridgehead atoms. The highest BCUT2D eigenvalue weighted by molar-refractivity contribution is 6.04. The molecule has 1 aliphatic heterocycles. The van der Waals surface area contributed by atoms with E-state index in [1.54, 1.807) is 19.9 Å². The first kappa shape index (κ1) is 22.3. The third-order valence-electron chi connectivity index (χ3n) is 10.6. The van der Waals surface area contributed by atoms with Gasteiger partial charge in [0.25, 0.3) is 0 Å². The summed E-state index contributed by atoms with van der Waals surface area (Å²) in [6, 6.07) is 4.19. The molecule has 0 spiro atoms. The second kappa shape index (κ2) is 6.65. The minimum atomic E-state index is -1.02. The molecule has 2 aromatic rings. The molecule has 10 heteroatoms. The van der Waals surface area contributed by atoms with Crippen LogP contribution in [-0.4, -0.2) is 34.5 Å². The van der Waals surface area contributed by atoms with Crippen LogP contribution in [0, 0.1) is 70.7 Å². The second-order valence-corrected chi connectivity index (χ2v) is 11.3. The van der Waals surface area contributed by atoms with Gasteiger partial charge in [-0.25, -0.2) is 22.9 Å². The van der Waals surface area contributed by atoms with Crippen LogP contribution in [0.3, 0.4) is 0 Å². The van der Waals surface area contributed by atoms with E-state index in [0.29, 0.717) is 17.3 Å². The van der Waals surface area contributed by atoms with Gasteiger partial charge in [0.1, 0.15) is 23.4 Å². The quantitative estimate of drug-likeness (QED) is 0.564. The highest BCUT2D eigenvalue weighted by Crippen LogP contribution is 3.11. The number of carbonyl (C=O) groups excluding carboxylic acids is 1. The van der Waals surface area contributed by atoms with Gasteiger partial charge in [0, 0.05) is 17.2 Å². The Labute approximate surface area is 214 Å². The Morgan fingerprint density at radius 2 is 1.76 bits per heavy atom. The maximum absolute atomic E-state index is 14.9. The van der Waals surface area contributed by atoms with Crippen LogP contribution >= 0.6 is 0 Å². The number of allylic oxidation sites excluding steroid dienone is 1. The zero-order valence-corrected chi connectivity index (χ0v) is 20.3. The summed E-state index contributed by atoms with van der Waals surface area (Å²) in [5.41, 5.74) is 0.193. The fourth-order valence-corrected chi connectivity index (χ4v) is 9.62. The molecule has 6 fully saturated rings. The van der Waals surface area contributed by atoms with E-state index < -0.39 is 46.3 Å². The van der Waals surface area contributed by atoms with Crippen LogP contribution in [0.4, 0.5) is 13.2 Å². The van der Waals surface area contributed by atoms with E-state index in [4.69, 9.17) is 4.74 Å². The predicted octanol–water partition coefficient (Wildman–Crippen LogP) is 3.54. The highest BCUT2D eigenvalue weighted by Gasteiger charge is 3.12. The Bertz CT molecular complexity index is 1530. The Hall–Kier alpha value is -3.69. The molecule has 1 atom stereocenters. The summed E-state index contributed by atoms with van der Waals surface area (Å²) in [6.45, 7) is 3.38. The molecular weight excluding hydrogens is 499 g/mol. The first-order valence-corrected chi connectivity index (χ1v) is 12.8. The van der Waals surface area contributed by atoms with Crippen LogP contribution in [0.25, 0.3) is 0 Å². The first-order chi connectivity index (χ1) is 18.2. The van der Waals surface area contributed by atoms with Crippen molar-refractivity contribution in [1.82, 2.24) is 10.3 Å². The molecule has 0 radical (unpaired) electrons. The molecule has 6 saturated carbocycles. The normalized spacial score (nSPS) is 39.8. The second-order valence-electron chi connectivity index (χ2n) is 11.3. The molecule has 194 valence electrons. The monoisotopic (exact) mass is 521 g/mol. The molecule has 2 heterocycles. The summed E-state index contributed by atoms with van der Waals surface area (Å²) in [4.78, 5) is 34.2. The number of hydrogen-bond acceptors (Lipinski definition) is 6. The van der Waals surface area contributed by atoms with Gasteiger partial charge in [0.15, 0.2) is 11.7 Å². The van der Waals surface area contributed by atoms with Crippen molar-refractivity contribution in [3.63, 3.8) is 0 Å². The zero-order valence-electron chi connectivity index (χ0n) is 20.3. The number of benzene rings is 1. The molecule has 2 N–H and O–H groups in total. The third-order valence-corrected chi connectivity index (χ3v) is 10.6. The van der Waals surface area contributed by atoms with Gasteiger partial charge in [0.05, 0.1) is 23.8 Å². The first-order valence-electron chi connectivity index (χ1n) is 12.8. The molecule has 0 saturated heterocycles. The number of nitrogens with one attached hydrogen (secondary N) is 1. The zero-order chi connectivity index (χ0) is 26.5. The van der Waals surface area contributed by atoms with E-state index in [0.717, 1.165) is 6.20 Å². The predicted molar refractivity (Wildman–Crippen MR) is 125 cm³/mol. The number of carboxylic acid groups (broad SMARTS) is 1. The Morgan fingerprint density at radius 1 is 1.08 bits per heavy atom. The SMILES string of the molecule is CCOC(=O)C1=C(C23C4C5C2C2C3C4C52C(=O)O)NC(c2ncc(F)cc2F)=NC1c1cccc(F)c1C. The molecule has 1 unspecified atom stereocenters. The molecule has 6 aliphatic carbocycles. The average Bonchev–Trinajstić information content (AvgIpc) is 2.89. The van der Waals surface area contributed by atoms with E-state index in [9.17, 15) is 27.9 Å². The van der Waals surface area contributed by atoms with Crippen LogP contribution in [-0.2, 0) is 14.3 Å². The number of carbonyl (C=O) groups is 2. The Balaban J connectivity index is 1.32. The number of aromatic nitrogens is 1. The van der Waals surface area contributed by atoms with Gasteiger partial charge in [-0.3, -0.25) is 9.79 Å². The van der Waals surface area contributed by atoms with E-state index in [2.05, 4.69) is 15.3 Å². The van der Waals surface area contributed by atoms with Gasteiger partial charge in [-0.1, -0.05) is 12.1 Å². The molecule has 1 aromatic heterocycles. The molecule has 9 rings (SSSR count). The van der Waals surface area contributed by atoms with Gasteiger partial charge in [-0.2, -0.15) is 0 Å². The minimum absolute atomic E-state index is 0.0147. The van der Waals surface area contributed by atoms with Gasteiger partial charge >= 0.3 is 11.9 Å². The lowest BCUT2D eigenvalue weighted by Gasteiger charge is -3.10. The lowest BCUT2D eigenvalue weighted by molar-refractivity contribution is -0.633. The van der Waals surface area contributed by atoms with E-state index >= 15 is 0 Å². The van der Waals surface area contributed by atoms with Crippen molar-refractivity contribution in [1.29, 1.82) is 0 Å². The molecule has 1 aromatic carbocycles. The third kappa shape index (κ3) is 1.99. The maximum atomic E-state index is 14.9. The van der Waals surface area contributed by atoms with Crippen molar-refractivity contribution in [2.45, 2.75) is 19.9 Å². The van der Waals surface area contributed by atoms with E-state index in [1.807, 2.05) is 0 Å². The standard InChI is InChI=1S/C28H22F3N3O4/c1-3-38-25(35)14-21(11-5-4-6-12(30)9(11)2)33-24(22-13(31)7-10(29)8-32-22)34-23(14)27-15-18-16(27)20-17(27)19(15)28(18,20)26(36)37/h4-8,15-21H,3H2,1-2H3,(H,33,34)(H,36,37). The van der Waals surface area contributed by atoms with Crippen LogP contribution < -0.4 is 5.32 Å². The fraction of sp³-hybridized carbons (Fsp3) is 0.429. The van der Waals surface area contributed by atoms with Crippen molar-refractivity contribution in [2.75, 3.05) is 6.61 Å². The number of nitrogens with zero attached hydrogens (tertiary/aromatic N) is 2. The number of aliphatic carboxylic acids is 1. The number of ether oxygens (including phenoxy) is 1. The largest absolute Gasteiger partial charge is 0.481 e. The smallest absolute Gasteiger partial charge is 0.338 e. The number of aliphatic imine (C=N–C) groups is 1. The van der Waals surface area contributed by atoms with Crippen molar-refractivity contribution in [2.24, 2.45) is 51.3 Å². The van der Waals surface area contributed by atoms with Crippen LogP contribution in [0.5, 0.6) is 0 Å². The molecule has 7 aliphatic rings. The minimum Gasteiger partial charge on any atom is -0.481 e. The Morgan fingerprint density at radius 3 is 2.37 bits per heavy atom.